The van der Waals surface area contributed by atoms with E-state index in [0.29, 0.717) is 17.9 Å². The summed E-state index contributed by atoms with van der Waals surface area (Å²) in [6.07, 6.45) is 6.89. The van der Waals surface area contributed by atoms with Crippen LogP contribution in [0.2, 0.25) is 0 Å². The number of nitrogens with one attached hydrogen (secondary N) is 1. The number of amides is 1. The van der Waals surface area contributed by atoms with E-state index in [9.17, 15) is 4.79 Å². The fourth-order valence-electron chi connectivity index (χ4n) is 2.72. The standard InChI is InChI=1S/C13H24N2O/c1-2-8-15(12-6-7-14-10-12)13(16)9-11-4-3-5-11/h11-12,14H,2-10H2,1H3. The van der Waals surface area contributed by atoms with Crippen molar-refractivity contribution in [3.8, 4) is 0 Å². The minimum absolute atomic E-state index is 0.403. The van der Waals surface area contributed by atoms with E-state index in [0.717, 1.165) is 38.9 Å². The molecular formula is C13H24N2O. The molecule has 1 amide bonds. The van der Waals surface area contributed by atoms with Crippen molar-refractivity contribution in [2.45, 2.75) is 51.5 Å². The summed E-state index contributed by atoms with van der Waals surface area (Å²) in [5.74, 6) is 1.10. The van der Waals surface area contributed by atoms with Gasteiger partial charge in [0.2, 0.25) is 5.91 Å². The fourth-order valence-corrected chi connectivity index (χ4v) is 2.72. The Bertz CT molecular complexity index is 232. The van der Waals surface area contributed by atoms with E-state index in [1.54, 1.807) is 0 Å². The van der Waals surface area contributed by atoms with Crippen LogP contribution in [0.4, 0.5) is 0 Å². The highest BCUT2D eigenvalue weighted by atomic mass is 16.2. The highest BCUT2D eigenvalue weighted by molar-refractivity contribution is 5.77. The molecule has 0 spiro atoms. The molecule has 1 N–H and O–H groups in total. The lowest BCUT2D eigenvalue weighted by atomic mass is 9.82. The SMILES string of the molecule is CCCN(C(=O)CC1CCC1)C1CCNC1. The first-order valence-electron chi connectivity index (χ1n) is 6.81. The van der Waals surface area contributed by atoms with Crippen LogP contribution in [0.25, 0.3) is 0 Å². The van der Waals surface area contributed by atoms with Gasteiger partial charge in [0.1, 0.15) is 0 Å². The Morgan fingerprint density at radius 2 is 2.19 bits per heavy atom. The second-order valence-electron chi connectivity index (χ2n) is 5.23. The number of carbonyl (C=O) groups excluding carboxylic acids is 1. The van der Waals surface area contributed by atoms with Crippen LogP contribution in [-0.2, 0) is 4.79 Å². The van der Waals surface area contributed by atoms with Gasteiger partial charge in [-0.1, -0.05) is 13.3 Å². The summed E-state index contributed by atoms with van der Waals surface area (Å²) < 4.78 is 0. The van der Waals surface area contributed by atoms with Crippen LogP contribution in [0.15, 0.2) is 0 Å². The summed E-state index contributed by atoms with van der Waals surface area (Å²) in [7, 11) is 0. The van der Waals surface area contributed by atoms with E-state index >= 15 is 0 Å². The van der Waals surface area contributed by atoms with Gasteiger partial charge in [0.05, 0.1) is 0 Å². The molecule has 0 aromatic carbocycles. The molecule has 3 heteroatoms. The van der Waals surface area contributed by atoms with Crippen LogP contribution < -0.4 is 5.32 Å². The maximum Gasteiger partial charge on any atom is 0.223 e. The van der Waals surface area contributed by atoms with Crippen LogP contribution in [0.3, 0.4) is 0 Å². The molecule has 16 heavy (non-hydrogen) atoms. The molecule has 0 aromatic heterocycles. The first-order valence-corrected chi connectivity index (χ1v) is 6.81. The molecule has 3 nitrogen and oxygen atoms in total. The monoisotopic (exact) mass is 224 g/mol. The van der Waals surface area contributed by atoms with Gasteiger partial charge in [-0.15, -0.1) is 0 Å². The van der Waals surface area contributed by atoms with Crippen LogP contribution in [-0.4, -0.2) is 36.5 Å². The molecule has 0 bridgehead atoms. The zero-order valence-electron chi connectivity index (χ0n) is 10.4. The van der Waals surface area contributed by atoms with Crippen LogP contribution >= 0.6 is 0 Å². The zero-order chi connectivity index (χ0) is 11.4. The van der Waals surface area contributed by atoms with Crippen molar-refractivity contribution in [1.82, 2.24) is 10.2 Å². The minimum atomic E-state index is 0.403. The van der Waals surface area contributed by atoms with E-state index in [-0.39, 0.29) is 0 Å². The molecule has 1 heterocycles. The van der Waals surface area contributed by atoms with Gasteiger partial charge in [0.15, 0.2) is 0 Å². The van der Waals surface area contributed by atoms with Gasteiger partial charge in [-0.25, -0.2) is 0 Å². The Kier molecular flexibility index (Phi) is 4.22. The summed E-state index contributed by atoms with van der Waals surface area (Å²) >= 11 is 0. The first-order chi connectivity index (χ1) is 7.81. The largest absolute Gasteiger partial charge is 0.338 e. The quantitative estimate of drug-likeness (QED) is 0.772. The van der Waals surface area contributed by atoms with Crippen molar-refractivity contribution in [2.24, 2.45) is 5.92 Å². The first kappa shape index (κ1) is 11.9. The van der Waals surface area contributed by atoms with E-state index in [2.05, 4.69) is 17.1 Å². The lowest BCUT2D eigenvalue weighted by molar-refractivity contribution is -0.134. The molecule has 1 atom stereocenters. The van der Waals surface area contributed by atoms with E-state index in [1.807, 2.05) is 0 Å². The lowest BCUT2D eigenvalue weighted by Crippen LogP contribution is -2.43. The third-order valence-electron chi connectivity index (χ3n) is 3.95. The zero-order valence-corrected chi connectivity index (χ0v) is 10.4. The van der Waals surface area contributed by atoms with Crippen molar-refractivity contribution >= 4 is 5.91 Å². The normalized spacial score (nSPS) is 25.4. The van der Waals surface area contributed by atoms with E-state index in [4.69, 9.17) is 0 Å². The van der Waals surface area contributed by atoms with Gasteiger partial charge < -0.3 is 10.2 Å². The molecule has 1 unspecified atom stereocenters. The molecule has 2 rings (SSSR count). The van der Waals surface area contributed by atoms with Gasteiger partial charge in [0.25, 0.3) is 0 Å². The van der Waals surface area contributed by atoms with Crippen molar-refractivity contribution in [1.29, 1.82) is 0 Å². The summed E-state index contributed by atoms with van der Waals surface area (Å²) in [6.45, 7) is 5.17. The van der Waals surface area contributed by atoms with Gasteiger partial charge in [-0.3, -0.25) is 4.79 Å². The molecule has 1 saturated carbocycles. The average molecular weight is 224 g/mol. The van der Waals surface area contributed by atoms with Crippen LogP contribution in [0, 0.1) is 5.92 Å². The molecule has 2 fully saturated rings. The molecule has 92 valence electrons. The molecule has 0 aromatic rings. The average Bonchev–Trinajstić information content (AvgIpc) is 2.72. The topological polar surface area (TPSA) is 32.3 Å². The number of rotatable bonds is 5. The lowest BCUT2D eigenvalue weighted by Gasteiger charge is -2.32. The molecule has 1 saturated heterocycles. The molecule has 1 aliphatic heterocycles. The Hall–Kier alpha value is -0.570. The highest BCUT2D eigenvalue weighted by Crippen LogP contribution is 2.30. The summed E-state index contributed by atoms with van der Waals surface area (Å²) in [5, 5.41) is 3.35. The van der Waals surface area contributed by atoms with Crippen LogP contribution in [0.1, 0.15) is 45.4 Å². The van der Waals surface area contributed by atoms with Gasteiger partial charge >= 0.3 is 0 Å². The number of nitrogens with zero attached hydrogens (tertiary/aromatic N) is 1. The Morgan fingerprint density at radius 3 is 2.69 bits per heavy atom. The minimum Gasteiger partial charge on any atom is -0.338 e. The van der Waals surface area contributed by atoms with Crippen molar-refractivity contribution in [2.75, 3.05) is 19.6 Å². The van der Waals surface area contributed by atoms with Gasteiger partial charge in [-0.2, -0.15) is 0 Å². The number of carbonyl (C=O) groups is 1. The predicted octanol–water partition coefficient (Wildman–Crippen LogP) is 1.78. The molecule has 2 aliphatic rings. The van der Waals surface area contributed by atoms with Crippen molar-refractivity contribution in [3.63, 3.8) is 0 Å². The second kappa shape index (κ2) is 5.67. The Balaban J connectivity index is 1.85. The van der Waals surface area contributed by atoms with E-state index in [1.165, 1.54) is 19.3 Å². The summed E-state index contributed by atoms with van der Waals surface area (Å²) in [4.78, 5) is 14.4. The van der Waals surface area contributed by atoms with Crippen molar-refractivity contribution in [3.05, 3.63) is 0 Å². The van der Waals surface area contributed by atoms with Gasteiger partial charge in [-0.05, 0) is 38.1 Å². The maximum absolute atomic E-state index is 12.2. The third-order valence-corrected chi connectivity index (χ3v) is 3.95. The van der Waals surface area contributed by atoms with E-state index < -0.39 is 0 Å². The molecular weight excluding hydrogens is 200 g/mol. The maximum atomic E-state index is 12.2. The van der Waals surface area contributed by atoms with Crippen molar-refractivity contribution < 1.29 is 4.79 Å². The fraction of sp³-hybridized carbons (Fsp3) is 0.923. The second-order valence-corrected chi connectivity index (χ2v) is 5.23. The number of hydrogen-bond acceptors (Lipinski definition) is 2. The smallest absolute Gasteiger partial charge is 0.223 e. The Labute approximate surface area is 98.6 Å². The van der Waals surface area contributed by atoms with Gasteiger partial charge in [0, 0.05) is 25.6 Å². The molecule has 1 aliphatic carbocycles. The van der Waals surface area contributed by atoms with Crippen LogP contribution in [0.5, 0.6) is 0 Å². The summed E-state index contributed by atoms with van der Waals surface area (Å²) in [5.41, 5.74) is 0. The molecule has 0 radical (unpaired) electrons. The third kappa shape index (κ3) is 2.76. The number of hydrogen-bond donors (Lipinski definition) is 1. The highest BCUT2D eigenvalue weighted by Gasteiger charge is 2.28. The summed E-state index contributed by atoms with van der Waals surface area (Å²) in [6, 6.07) is 0.465. The predicted molar refractivity (Wildman–Crippen MR) is 65.2 cm³/mol. The Morgan fingerprint density at radius 1 is 1.38 bits per heavy atom.